The summed E-state index contributed by atoms with van der Waals surface area (Å²) in [4.78, 5) is 12.2. The number of hydrogen-bond donors (Lipinski definition) is 2. The molecular weight excluding hydrogens is 386 g/mol. The van der Waals surface area contributed by atoms with Gasteiger partial charge < -0.3 is 10.4 Å². The summed E-state index contributed by atoms with van der Waals surface area (Å²) >= 11 is 6.70. The van der Waals surface area contributed by atoms with E-state index in [-0.39, 0.29) is 17.2 Å². The summed E-state index contributed by atoms with van der Waals surface area (Å²) in [7, 11) is 0. The van der Waals surface area contributed by atoms with E-state index in [0.717, 1.165) is 26.6 Å². The van der Waals surface area contributed by atoms with Gasteiger partial charge in [-0.3, -0.25) is 4.79 Å². The lowest BCUT2D eigenvalue weighted by Crippen LogP contribution is -2.13. The van der Waals surface area contributed by atoms with Gasteiger partial charge in [0.15, 0.2) is 0 Å². The van der Waals surface area contributed by atoms with Crippen LogP contribution < -0.4 is 5.32 Å². The summed E-state index contributed by atoms with van der Waals surface area (Å²) < 4.78 is 1.71. The van der Waals surface area contributed by atoms with Crippen LogP contribution in [0.4, 0.5) is 5.69 Å². The Morgan fingerprint density at radius 1 is 1.15 bits per heavy atom. The number of benzene rings is 2. The third-order valence-electron chi connectivity index (χ3n) is 2.90. The predicted octanol–water partition coefficient (Wildman–Crippen LogP) is 4.73. The normalized spacial score (nSPS) is 10.3. The first-order valence-electron chi connectivity index (χ1n) is 6.09. The van der Waals surface area contributed by atoms with Crippen LogP contribution in [0.5, 0.6) is 5.75 Å². The SMILES string of the molecule is CCc1cc(Br)ccc1NC(=O)c1cc(Br)ccc1O. The van der Waals surface area contributed by atoms with Gasteiger partial charge in [-0.05, 0) is 48.4 Å². The van der Waals surface area contributed by atoms with Crippen LogP contribution in [0.2, 0.25) is 0 Å². The molecule has 0 atom stereocenters. The van der Waals surface area contributed by atoms with Crippen LogP contribution in [-0.2, 0) is 6.42 Å². The van der Waals surface area contributed by atoms with Gasteiger partial charge in [0.1, 0.15) is 5.75 Å². The average molecular weight is 399 g/mol. The second kappa shape index (κ2) is 6.41. The number of carbonyl (C=O) groups is 1. The van der Waals surface area contributed by atoms with Crippen LogP contribution >= 0.6 is 31.9 Å². The van der Waals surface area contributed by atoms with Crippen molar-refractivity contribution in [1.82, 2.24) is 0 Å². The molecule has 0 saturated heterocycles. The Morgan fingerprint density at radius 3 is 2.50 bits per heavy atom. The first-order chi connectivity index (χ1) is 9.51. The van der Waals surface area contributed by atoms with E-state index in [4.69, 9.17) is 0 Å². The van der Waals surface area contributed by atoms with Crippen LogP contribution in [0, 0.1) is 0 Å². The lowest BCUT2D eigenvalue weighted by Gasteiger charge is -2.11. The fourth-order valence-electron chi connectivity index (χ4n) is 1.86. The summed E-state index contributed by atoms with van der Waals surface area (Å²) in [6, 6.07) is 10.4. The minimum atomic E-state index is -0.333. The quantitative estimate of drug-likeness (QED) is 0.784. The highest BCUT2D eigenvalue weighted by Gasteiger charge is 2.13. The number of anilines is 1. The lowest BCUT2D eigenvalue weighted by atomic mass is 10.1. The summed E-state index contributed by atoms with van der Waals surface area (Å²) in [5.74, 6) is -0.373. The smallest absolute Gasteiger partial charge is 0.259 e. The van der Waals surface area contributed by atoms with Gasteiger partial charge >= 0.3 is 0 Å². The summed E-state index contributed by atoms with van der Waals surface area (Å²) in [6.45, 7) is 2.02. The maximum Gasteiger partial charge on any atom is 0.259 e. The minimum absolute atomic E-state index is 0.0409. The van der Waals surface area contributed by atoms with E-state index < -0.39 is 0 Å². The number of aryl methyl sites for hydroxylation is 1. The van der Waals surface area contributed by atoms with Crippen molar-refractivity contribution in [2.75, 3.05) is 5.32 Å². The molecule has 3 nitrogen and oxygen atoms in total. The highest BCUT2D eigenvalue weighted by Crippen LogP contribution is 2.25. The molecule has 2 aromatic carbocycles. The second-order valence-corrected chi connectivity index (χ2v) is 6.10. The van der Waals surface area contributed by atoms with Gasteiger partial charge in [-0.15, -0.1) is 0 Å². The monoisotopic (exact) mass is 397 g/mol. The molecule has 20 heavy (non-hydrogen) atoms. The second-order valence-electron chi connectivity index (χ2n) is 4.27. The van der Waals surface area contributed by atoms with Crippen LogP contribution in [0.1, 0.15) is 22.8 Å². The van der Waals surface area contributed by atoms with Gasteiger partial charge in [-0.25, -0.2) is 0 Å². The number of amides is 1. The molecule has 1 amide bonds. The fraction of sp³-hybridized carbons (Fsp3) is 0.133. The van der Waals surface area contributed by atoms with E-state index >= 15 is 0 Å². The summed E-state index contributed by atoms with van der Waals surface area (Å²) in [5.41, 5.74) is 2.02. The molecule has 2 N–H and O–H groups in total. The van der Waals surface area contributed by atoms with Crippen LogP contribution in [0.15, 0.2) is 45.3 Å². The van der Waals surface area contributed by atoms with Crippen molar-refractivity contribution in [3.63, 3.8) is 0 Å². The zero-order valence-corrected chi connectivity index (χ0v) is 14.0. The van der Waals surface area contributed by atoms with Crippen molar-refractivity contribution < 1.29 is 9.90 Å². The Morgan fingerprint density at radius 2 is 1.80 bits per heavy atom. The first-order valence-corrected chi connectivity index (χ1v) is 7.68. The van der Waals surface area contributed by atoms with Crippen molar-refractivity contribution in [3.8, 4) is 5.75 Å². The summed E-state index contributed by atoms with van der Waals surface area (Å²) in [6.07, 6.45) is 0.805. The third-order valence-corrected chi connectivity index (χ3v) is 3.89. The van der Waals surface area contributed by atoms with Crippen molar-refractivity contribution in [2.45, 2.75) is 13.3 Å². The molecule has 0 saturated carbocycles. The fourth-order valence-corrected chi connectivity index (χ4v) is 2.63. The number of halogens is 2. The molecule has 0 fully saturated rings. The number of rotatable bonds is 3. The number of hydrogen-bond acceptors (Lipinski definition) is 2. The maximum absolute atomic E-state index is 12.2. The van der Waals surface area contributed by atoms with Gasteiger partial charge in [0.05, 0.1) is 5.56 Å². The molecule has 0 bridgehead atoms. The molecule has 0 heterocycles. The minimum Gasteiger partial charge on any atom is -0.507 e. The average Bonchev–Trinajstić information content (AvgIpc) is 2.43. The Hall–Kier alpha value is -1.33. The van der Waals surface area contributed by atoms with E-state index in [1.165, 1.54) is 6.07 Å². The van der Waals surface area contributed by atoms with Gasteiger partial charge in [-0.1, -0.05) is 38.8 Å². The Kier molecular flexibility index (Phi) is 4.83. The van der Waals surface area contributed by atoms with Crippen molar-refractivity contribution in [1.29, 1.82) is 0 Å². The van der Waals surface area contributed by atoms with Gasteiger partial charge in [-0.2, -0.15) is 0 Å². The highest BCUT2D eigenvalue weighted by atomic mass is 79.9. The molecular formula is C15H13Br2NO2. The van der Waals surface area contributed by atoms with Gasteiger partial charge in [0.25, 0.3) is 5.91 Å². The zero-order valence-electron chi connectivity index (χ0n) is 10.8. The molecule has 0 aliphatic rings. The van der Waals surface area contributed by atoms with Crippen molar-refractivity contribution in [3.05, 3.63) is 56.5 Å². The molecule has 0 unspecified atom stereocenters. The summed E-state index contributed by atoms with van der Waals surface area (Å²) in [5, 5.41) is 12.6. The Labute approximate surface area is 134 Å². The number of aromatic hydroxyl groups is 1. The van der Waals surface area contributed by atoms with Crippen molar-refractivity contribution in [2.24, 2.45) is 0 Å². The van der Waals surface area contributed by atoms with E-state index in [9.17, 15) is 9.90 Å². The molecule has 2 aromatic rings. The largest absolute Gasteiger partial charge is 0.507 e. The molecule has 0 radical (unpaired) electrons. The Balaban J connectivity index is 2.30. The molecule has 104 valence electrons. The molecule has 0 spiro atoms. The van der Waals surface area contributed by atoms with E-state index in [1.807, 2.05) is 25.1 Å². The molecule has 0 aliphatic carbocycles. The molecule has 0 aromatic heterocycles. The molecule has 0 aliphatic heterocycles. The van der Waals surface area contributed by atoms with Crippen LogP contribution in [0.25, 0.3) is 0 Å². The van der Waals surface area contributed by atoms with Crippen LogP contribution in [0.3, 0.4) is 0 Å². The topological polar surface area (TPSA) is 49.3 Å². The van der Waals surface area contributed by atoms with Crippen LogP contribution in [-0.4, -0.2) is 11.0 Å². The number of phenols is 1. The molecule has 5 heteroatoms. The maximum atomic E-state index is 12.2. The van der Waals surface area contributed by atoms with E-state index in [0.29, 0.717) is 0 Å². The van der Waals surface area contributed by atoms with Gasteiger partial charge in [0, 0.05) is 14.6 Å². The molecule has 2 rings (SSSR count). The van der Waals surface area contributed by atoms with Crippen molar-refractivity contribution >= 4 is 43.5 Å². The Bertz CT molecular complexity index is 656. The highest BCUT2D eigenvalue weighted by molar-refractivity contribution is 9.10. The van der Waals surface area contributed by atoms with E-state index in [1.54, 1.807) is 12.1 Å². The number of carbonyl (C=O) groups excluding carboxylic acids is 1. The predicted molar refractivity (Wildman–Crippen MR) is 87.3 cm³/mol. The first kappa shape index (κ1) is 15.1. The number of nitrogens with one attached hydrogen (secondary N) is 1. The van der Waals surface area contributed by atoms with E-state index in [2.05, 4.69) is 37.2 Å². The van der Waals surface area contributed by atoms with Gasteiger partial charge in [0.2, 0.25) is 0 Å². The third kappa shape index (κ3) is 3.41. The standard InChI is InChI=1S/C15H13Br2NO2/c1-2-9-7-10(16)3-5-13(9)18-15(20)12-8-11(17)4-6-14(12)19/h3-8,19H,2H2,1H3,(H,18,20). The number of phenolic OH excluding ortho intramolecular Hbond substituents is 1. The lowest BCUT2D eigenvalue weighted by molar-refractivity contribution is 0.102. The zero-order chi connectivity index (χ0) is 14.7.